The average molecular weight is 426 g/mol. The molecule has 3 aromatic rings. The lowest BCUT2D eigenvalue weighted by molar-refractivity contribution is 0.185. The molecule has 2 aromatic heterocycles. The van der Waals surface area contributed by atoms with Gasteiger partial charge < -0.3 is 9.72 Å². The van der Waals surface area contributed by atoms with Gasteiger partial charge in [-0.3, -0.25) is 9.78 Å². The van der Waals surface area contributed by atoms with Gasteiger partial charge in [-0.25, -0.2) is 13.8 Å². The third kappa shape index (κ3) is 2.76. The summed E-state index contributed by atoms with van der Waals surface area (Å²) in [5, 5.41) is 0. The van der Waals surface area contributed by atoms with Gasteiger partial charge >= 0.3 is 6.01 Å². The first-order valence-corrected chi connectivity index (χ1v) is 11.1. The van der Waals surface area contributed by atoms with Crippen molar-refractivity contribution in [2.45, 2.75) is 50.9 Å². The van der Waals surface area contributed by atoms with Crippen LogP contribution in [0.3, 0.4) is 0 Å². The molecule has 4 fully saturated rings. The van der Waals surface area contributed by atoms with E-state index >= 15 is 0 Å². The number of ether oxygens (including phenoxy) is 1. The van der Waals surface area contributed by atoms with Crippen molar-refractivity contribution >= 4 is 11.2 Å². The molecule has 0 radical (unpaired) electrons. The highest BCUT2D eigenvalue weighted by Gasteiger charge is 2.63. The third-order valence-electron chi connectivity index (χ3n) is 7.87. The molecule has 0 saturated heterocycles. The van der Waals surface area contributed by atoms with E-state index in [1.165, 1.54) is 31.7 Å². The molecule has 5 unspecified atom stereocenters. The Labute approximate surface area is 177 Å². The quantitative estimate of drug-likeness (QED) is 0.613. The Kier molecular flexibility index (Phi) is 4.04. The molecule has 4 saturated carbocycles. The van der Waals surface area contributed by atoms with E-state index in [0.29, 0.717) is 17.1 Å². The first-order chi connectivity index (χ1) is 15.0. The number of H-pyrrole nitrogens is 2. The highest BCUT2D eigenvalue weighted by atomic mass is 19.2. The van der Waals surface area contributed by atoms with Crippen LogP contribution in [0.4, 0.5) is 8.78 Å². The summed E-state index contributed by atoms with van der Waals surface area (Å²) >= 11 is 0. The van der Waals surface area contributed by atoms with Crippen molar-refractivity contribution in [3.8, 4) is 11.8 Å². The number of aromatic nitrogens is 4. The van der Waals surface area contributed by atoms with Gasteiger partial charge in [0.25, 0.3) is 5.56 Å². The zero-order valence-corrected chi connectivity index (χ0v) is 17.3. The molecule has 2 N–H and O–H groups in total. The molecular formula is C23H24F2N4O2. The van der Waals surface area contributed by atoms with Crippen molar-refractivity contribution < 1.29 is 13.5 Å². The van der Waals surface area contributed by atoms with Crippen molar-refractivity contribution in [1.82, 2.24) is 19.9 Å². The Bertz CT molecular complexity index is 1240. The number of nitrogens with zero attached hydrogens (tertiary/aromatic N) is 2. The first-order valence-electron chi connectivity index (χ1n) is 11.1. The Morgan fingerprint density at radius 1 is 1.16 bits per heavy atom. The van der Waals surface area contributed by atoms with Crippen LogP contribution < -0.4 is 10.3 Å². The summed E-state index contributed by atoms with van der Waals surface area (Å²) in [5.74, 6) is 1.79. The van der Waals surface area contributed by atoms with Crippen LogP contribution in [0.15, 0.2) is 23.0 Å². The van der Waals surface area contributed by atoms with E-state index in [0.717, 1.165) is 48.6 Å². The van der Waals surface area contributed by atoms with E-state index in [2.05, 4.69) is 21.9 Å². The molecule has 4 bridgehead atoms. The summed E-state index contributed by atoms with van der Waals surface area (Å²) in [5.41, 5.74) is 0.256. The van der Waals surface area contributed by atoms with E-state index in [1.807, 2.05) is 0 Å². The Morgan fingerprint density at radius 3 is 2.84 bits per heavy atom. The highest BCUT2D eigenvalue weighted by Crippen LogP contribution is 2.68. The molecule has 0 amide bonds. The summed E-state index contributed by atoms with van der Waals surface area (Å²) in [6.45, 7) is 2.25. The van der Waals surface area contributed by atoms with Crippen LogP contribution >= 0.6 is 0 Å². The maximum absolute atomic E-state index is 13.5. The van der Waals surface area contributed by atoms with Crippen LogP contribution in [-0.2, 0) is 5.41 Å². The van der Waals surface area contributed by atoms with Crippen molar-refractivity contribution in [2.24, 2.45) is 23.7 Å². The lowest BCUT2D eigenvalue weighted by Crippen LogP contribution is -2.29. The maximum Gasteiger partial charge on any atom is 0.304 e. The van der Waals surface area contributed by atoms with Crippen molar-refractivity contribution in [2.75, 3.05) is 0 Å². The molecule has 7 rings (SSSR count). The third-order valence-corrected chi connectivity index (χ3v) is 7.87. The van der Waals surface area contributed by atoms with Crippen LogP contribution in [-0.4, -0.2) is 19.9 Å². The number of rotatable bonds is 5. The summed E-state index contributed by atoms with van der Waals surface area (Å²) in [6.07, 6.45) is 7.30. The average Bonchev–Trinajstić information content (AvgIpc) is 3.34. The standard InChI is InChI=1S/C23H24F2N4O2/c1-2-3-14-12-6-11-7-15(14)23(9-11,10-12)21-26-18-19(27-21)28-22(29-20(18)30)31-13-4-5-16(24)17(25)8-13/h4-5,8,11-12,14-15H,2-3,6-7,9-10H2,1H3,(H2,26,27,28,29,30). The predicted octanol–water partition coefficient (Wildman–Crippen LogP) is 4.82. The van der Waals surface area contributed by atoms with Gasteiger partial charge in [0.15, 0.2) is 22.8 Å². The van der Waals surface area contributed by atoms with Crippen molar-refractivity contribution in [1.29, 1.82) is 0 Å². The number of benzene rings is 1. The second-order valence-electron chi connectivity index (χ2n) is 9.55. The van der Waals surface area contributed by atoms with Crippen LogP contribution in [0.1, 0.15) is 51.3 Å². The second-order valence-corrected chi connectivity index (χ2v) is 9.55. The molecule has 5 atom stereocenters. The maximum atomic E-state index is 13.5. The first kappa shape index (κ1) is 19.0. The smallest absolute Gasteiger partial charge is 0.304 e. The van der Waals surface area contributed by atoms with Crippen LogP contribution in [0.25, 0.3) is 11.2 Å². The summed E-state index contributed by atoms with van der Waals surface area (Å²) in [7, 11) is 0. The van der Waals surface area contributed by atoms with Gasteiger partial charge in [-0.2, -0.15) is 4.98 Å². The SMILES string of the molecule is CCCC1C2CC3CC1C(c1nc4nc(Oc5ccc(F)c(F)c5)[nH]c(=O)c4[nH]1)(C3)C2. The van der Waals surface area contributed by atoms with E-state index in [1.54, 1.807) is 0 Å². The van der Waals surface area contributed by atoms with Gasteiger partial charge in [0.1, 0.15) is 11.6 Å². The van der Waals surface area contributed by atoms with Crippen molar-refractivity contribution in [3.63, 3.8) is 0 Å². The van der Waals surface area contributed by atoms with Crippen LogP contribution in [0, 0.1) is 35.3 Å². The number of hydrogen-bond acceptors (Lipinski definition) is 4. The highest BCUT2D eigenvalue weighted by molar-refractivity contribution is 5.70. The van der Waals surface area contributed by atoms with Gasteiger partial charge in [0.2, 0.25) is 0 Å². The zero-order chi connectivity index (χ0) is 21.3. The second kappa shape index (κ2) is 6.61. The van der Waals surface area contributed by atoms with Gasteiger partial charge in [-0.05, 0) is 61.5 Å². The summed E-state index contributed by atoms with van der Waals surface area (Å²) < 4.78 is 32.1. The van der Waals surface area contributed by atoms with Gasteiger partial charge in [-0.1, -0.05) is 19.8 Å². The zero-order valence-electron chi connectivity index (χ0n) is 17.3. The molecule has 31 heavy (non-hydrogen) atoms. The largest absolute Gasteiger partial charge is 0.425 e. The summed E-state index contributed by atoms with van der Waals surface area (Å²) in [6, 6.07) is 3.06. The molecule has 0 spiro atoms. The molecule has 6 nitrogen and oxygen atoms in total. The van der Waals surface area contributed by atoms with E-state index in [-0.39, 0.29) is 22.7 Å². The van der Waals surface area contributed by atoms with E-state index < -0.39 is 11.6 Å². The minimum Gasteiger partial charge on any atom is -0.425 e. The van der Waals surface area contributed by atoms with Gasteiger partial charge in [0.05, 0.1) is 0 Å². The molecule has 1 aromatic carbocycles. The number of aromatic amines is 2. The minimum absolute atomic E-state index is 0.0155. The monoisotopic (exact) mass is 426 g/mol. The fourth-order valence-electron chi connectivity index (χ4n) is 6.93. The molecular weight excluding hydrogens is 402 g/mol. The minimum atomic E-state index is -1.03. The normalized spacial score (nSPS) is 31.1. The molecule has 4 aliphatic carbocycles. The molecule has 8 heteroatoms. The summed E-state index contributed by atoms with van der Waals surface area (Å²) in [4.78, 5) is 27.7. The van der Waals surface area contributed by atoms with Crippen LogP contribution in [0.2, 0.25) is 0 Å². The fraction of sp³-hybridized carbons (Fsp3) is 0.522. The molecule has 0 aliphatic heterocycles. The van der Waals surface area contributed by atoms with Gasteiger partial charge in [0, 0.05) is 11.5 Å². The molecule has 4 aliphatic rings. The molecule has 2 heterocycles. The Hall–Kier alpha value is -2.77. The Morgan fingerprint density at radius 2 is 2.03 bits per heavy atom. The number of fused-ring (bicyclic) bond motifs is 1. The fourth-order valence-corrected chi connectivity index (χ4v) is 6.93. The van der Waals surface area contributed by atoms with Crippen LogP contribution in [0.5, 0.6) is 11.8 Å². The van der Waals surface area contributed by atoms with E-state index in [4.69, 9.17) is 9.72 Å². The lowest BCUT2D eigenvalue weighted by Gasteiger charge is -2.32. The lowest BCUT2D eigenvalue weighted by atomic mass is 9.73. The topological polar surface area (TPSA) is 83.7 Å². The molecule has 162 valence electrons. The number of halogens is 2. The number of nitrogens with one attached hydrogen (secondary N) is 2. The van der Waals surface area contributed by atoms with Crippen molar-refractivity contribution in [3.05, 3.63) is 46.0 Å². The van der Waals surface area contributed by atoms with E-state index in [9.17, 15) is 13.6 Å². The predicted molar refractivity (Wildman–Crippen MR) is 110 cm³/mol. The number of hydrogen-bond donors (Lipinski definition) is 2. The number of imidazole rings is 1. The Balaban J connectivity index is 1.37. The van der Waals surface area contributed by atoms with Gasteiger partial charge in [-0.15, -0.1) is 0 Å².